The summed E-state index contributed by atoms with van der Waals surface area (Å²) in [6.45, 7) is 2.77. The molecular weight excluding hydrogens is 350 g/mol. The Hall–Kier alpha value is -3.27. The summed E-state index contributed by atoms with van der Waals surface area (Å²) in [5.41, 5.74) is 5.67. The molecule has 1 aliphatic rings. The van der Waals surface area contributed by atoms with Gasteiger partial charge in [0.05, 0.1) is 6.54 Å². The molecule has 1 unspecified atom stereocenters. The van der Waals surface area contributed by atoms with E-state index >= 15 is 0 Å². The summed E-state index contributed by atoms with van der Waals surface area (Å²) in [5, 5.41) is 9.64. The summed E-state index contributed by atoms with van der Waals surface area (Å²) in [4.78, 5) is 13.2. The lowest BCUT2D eigenvalue weighted by atomic mass is 9.96. The van der Waals surface area contributed by atoms with Crippen molar-refractivity contribution in [1.82, 2.24) is 4.90 Å². The van der Waals surface area contributed by atoms with Crippen molar-refractivity contribution in [3.05, 3.63) is 89.5 Å². The summed E-state index contributed by atoms with van der Waals surface area (Å²) < 4.78 is 6.11. The Labute approximate surface area is 165 Å². The maximum Gasteiger partial charge on any atom is 0.407 e. The molecule has 4 heteroatoms. The molecule has 0 saturated heterocycles. The summed E-state index contributed by atoms with van der Waals surface area (Å²) in [6.07, 6.45) is -0.401. The average molecular weight is 373 g/mol. The second-order valence-electron chi connectivity index (χ2n) is 7.24. The van der Waals surface area contributed by atoms with Crippen LogP contribution in [-0.4, -0.2) is 28.7 Å². The van der Waals surface area contributed by atoms with Crippen LogP contribution >= 0.6 is 0 Å². The first-order chi connectivity index (χ1) is 13.6. The molecular formula is C24H23NO3. The molecule has 1 amide bonds. The molecule has 4 nitrogen and oxygen atoms in total. The molecule has 0 spiro atoms. The van der Waals surface area contributed by atoms with Gasteiger partial charge in [0.15, 0.2) is 0 Å². The number of nitrogens with zero attached hydrogens (tertiary/aromatic N) is 1. The fourth-order valence-corrected chi connectivity index (χ4v) is 3.70. The lowest BCUT2D eigenvalue weighted by molar-refractivity contribution is 0.113. The average Bonchev–Trinajstić information content (AvgIpc) is 3.11. The van der Waals surface area contributed by atoms with Crippen molar-refractivity contribution in [2.75, 3.05) is 6.54 Å². The van der Waals surface area contributed by atoms with E-state index < -0.39 is 6.09 Å². The Morgan fingerprint density at radius 2 is 1.79 bits per heavy atom. The van der Waals surface area contributed by atoms with Gasteiger partial charge in [0.1, 0.15) is 11.9 Å². The van der Waals surface area contributed by atoms with E-state index in [1.807, 2.05) is 42.5 Å². The van der Waals surface area contributed by atoms with Gasteiger partial charge in [0, 0.05) is 18.5 Å². The van der Waals surface area contributed by atoms with Gasteiger partial charge < -0.3 is 14.7 Å². The maximum atomic E-state index is 11.8. The number of benzene rings is 3. The molecule has 0 saturated carbocycles. The van der Waals surface area contributed by atoms with Gasteiger partial charge in [0.25, 0.3) is 0 Å². The minimum absolute atomic E-state index is 0.179. The van der Waals surface area contributed by atoms with E-state index in [-0.39, 0.29) is 6.10 Å². The van der Waals surface area contributed by atoms with E-state index in [9.17, 15) is 9.90 Å². The minimum Gasteiger partial charge on any atom is -0.488 e. The second kappa shape index (κ2) is 7.77. The Morgan fingerprint density at radius 1 is 1.04 bits per heavy atom. The zero-order valence-corrected chi connectivity index (χ0v) is 15.8. The SMILES string of the molecule is Cc1ccc(-c2cccc3c2CC(CN(Cc2ccccc2)C(=O)O)O3)cc1. The molecule has 0 aromatic heterocycles. The summed E-state index contributed by atoms with van der Waals surface area (Å²) in [7, 11) is 0. The van der Waals surface area contributed by atoms with Crippen molar-refractivity contribution < 1.29 is 14.6 Å². The molecule has 4 rings (SSSR count). The summed E-state index contributed by atoms with van der Waals surface area (Å²) >= 11 is 0. The number of rotatable bonds is 5. The molecule has 0 bridgehead atoms. The Balaban J connectivity index is 1.52. The molecule has 28 heavy (non-hydrogen) atoms. The standard InChI is InChI=1S/C24H23NO3/c1-17-10-12-19(13-11-17)21-8-5-9-23-22(21)14-20(28-23)16-25(24(26)27)15-18-6-3-2-4-7-18/h2-13,20H,14-16H2,1H3,(H,26,27). The number of ether oxygens (including phenoxy) is 1. The zero-order valence-electron chi connectivity index (χ0n) is 15.8. The van der Waals surface area contributed by atoms with Gasteiger partial charge in [-0.25, -0.2) is 4.79 Å². The van der Waals surface area contributed by atoms with E-state index in [1.165, 1.54) is 10.5 Å². The monoisotopic (exact) mass is 373 g/mol. The van der Waals surface area contributed by atoms with E-state index in [4.69, 9.17) is 4.74 Å². The molecule has 1 atom stereocenters. The molecule has 1 aliphatic heterocycles. The van der Waals surface area contributed by atoms with E-state index in [0.29, 0.717) is 19.5 Å². The predicted octanol–water partition coefficient (Wildman–Crippen LogP) is 5.15. The van der Waals surface area contributed by atoms with E-state index in [2.05, 4.69) is 37.3 Å². The van der Waals surface area contributed by atoms with Gasteiger partial charge >= 0.3 is 6.09 Å². The first kappa shape index (κ1) is 18.1. The lowest BCUT2D eigenvalue weighted by Gasteiger charge is -2.22. The lowest BCUT2D eigenvalue weighted by Crippen LogP contribution is -2.37. The number of carbonyl (C=O) groups is 1. The molecule has 3 aromatic rings. The first-order valence-corrected chi connectivity index (χ1v) is 9.47. The van der Waals surface area contributed by atoms with Crippen LogP contribution in [0.4, 0.5) is 4.79 Å². The topological polar surface area (TPSA) is 49.8 Å². The first-order valence-electron chi connectivity index (χ1n) is 9.47. The van der Waals surface area contributed by atoms with E-state index in [1.54, 1.807) is 0 Å². The molecule has 0 aliphatic carbocycles. The van der Waals surface area contributed by atoms with Crippen LogP contribution in [0.1, 0.15) is 16.7 Å². The quantitative estimate of drug-likeness (QED) is 0.673. The third kappa shape index (κ3) is 3.86. The van der Waals surface area contributed by atoms with Crippen molar-refractivity contribution in [1.29, 1.82) is 0 Å². The van der Waals surface area contributed by atoms with Crippen molar-refractivity contribution in [2.45, 2.75) is 26.0 Å². The molecule has 0 fully saturated rings. The van der Waals surface area contributed by atoms with Crippen LogP contribution in [-0.2, 0) is 13.0 Å². The van der Waals surface area contributed by atoms with Crippen LogP contribution in [0.25, 0.3) is 11.1 Å². The van der Waals surface area contributed by atoms with Crippen molar-refractivity contribution in [3.8, 4) is 16.9 Å². The molecule has 1 N–H and O–H groups in total. The third-order valence-corrected chi connectivity index (χ3v) is 5.13. The van der Waals surface area contributed by atoms with Crippen molar-refractivity contribution in [2.24, 2.45) is 0 Å². The highest BCUT2D eigenvalue weighted by molar-refractivity contribution is 5.71. The van der Waals surface area contributed by atoms with E-state index in [0.717, 1.165) is 28.0 Å². The fraction of sp³-hybridized carbons (Fsp3) is 0.208. The zero-order chi connectivity index (χ0) is 19.5. The maximum absolute atomic E-state index is 11.8. The van der Waals surface area contributed by atoms with Crippen LogP contribution in [0, 0.1) is 6.92 Å². The van der Waals surface area contributed by atoms with Crippen molar-refractivity contribution in [3.63, 3.8) is 0 Å². The number of hydrogen-bond donors (Lipinski definition) is 1. The molecule has 0 radical (unpaired) electrons. The third-order valence-electron chi connectivity index (χ3n) is 5.13. The highest BCUT2D eigenvalue weighted by Gasteiger charge is 2.28. The van der Waals surface area contributed by atoms with Crippen LogP contribution < -0.4 is 4.74 Å². The Kier molecular flexibility index (Phi) is 5.02. The van der Waals surface area contributed by atoms with Crippen molar-refractivity contribution >= 4 is 6.09 Å². The Bertz CT molecular complexity index is 967. The van der Waals surface area contributed by atoms with Gasteiger partial charge in [-0.3, -0.25) is 0 Å². The number of fused-ring (bicyclic) bond motifs is 1. The molecule has 1 heterocycles. The van der Waals surface area contributed by atoms with Crippen LogP contribution in [0.15, 0.2) is 72.8 Å². The largest absolute Gasteiger partial charge is 0.488 e. The van der Waals surface area contributed by atoms with Gasteiger partial charge in [-0.15, -0.1) is 0 Å². The number of carboxylic acid groups (broad SMARTS) is 1. The fourth-order valence-electron chi connectivity index (χ4n) is 3.70. The molecule has 142 valence electrons. The highest BCUT2D eigenvalue weighted by atomic mass is 16.5. The minimum atomic E-state index is -0.929. The smallest absolute Gasteiger partial charge is 0.407 e. The number of amides is 1. The number of aryl methyl sites for hydroxylation is 1. The predicted molar refractivity (Wildman–Crippen MR) is 110 cm³/mol. The van der Waals surface area contributed by atoms with Gasteiger partial charge in [-0.05, 0) is 29.7 Å². The summed E-state index contributed by atoms with van der Waals surface area (Å²) in [5.74, 6) is 0.855. The van der Waals surface area contributed by atoms with Gasteiger partial charge in [-0.1, -0.05) is 72.3 Å². The Morgan fingerprint density at radius 3 is 2.50 bits per heavy atom. The van der Waals surface area contributed by atoms with Crippen LogP contribution in [0.5, 0.6) is 5.75 Å². The van der Waals surface area contributed by atoms with Gasteiger partial charge in [-0.2, -0.15) is 0 Å². The van der Waals surface area contributed by atoms with Gasteiger partial charge in [0.2, 0.25) is 0 Å². The highest BCUT2D eigenvalue weighted by Crippen LogP contribution is 2.37. The molecule has 3 aromatic carbocycles. The number of hydrogen-bond acceptors (Lipinski definition) is 2. The van der Waals surface area contributed by atoms with Crippen LogP contribution in [0.3, 0.4) is 0 Å². The van der Waals surface area contributed by atoms with Crippen LogP contribution in [0.2, 0.25) is 0 Å². The normalized spacial score (nSPS) is 15.0. The second-order valence-corrected chi connectivity index (χ2v) is 7.24. The summed E-state index contributed by atoms with van der Waals surface area (Å²) in [6, 6.07) is 24.2.